The molecule has 1 fully saturated rings. The number of carbonyl (C=O) groups excluding carboxylic acids is 1. The number of benzene rings is 1. The van der Waals surface area contributed by atoms with Crippen molar-refractivity contribution in [3.8, 4) is 5.75 Å². The largest absolute Gasteiger partial charge is 0.481 e. The highest BCUT2D eigenvalue weighted by molar-refractivity contribution is 5.95. The summed E-state index contributed by atoms with van der Waals surface area (Å²) in [6.07, 6.45) is 3.67. The van der Waals surface area contributed by atoms with Gasteiger partial charge < -0.3 is 14.7 Å². The number of hydrogen-bond donors (Lipinski definition) is 1. The van der Waals surface area contributed by atoms with Crippen molar-refractivity contribution in [1.29, 1.82) is 0 Å². The minimum absolute atomic E-state index is 0.0351. The Morgan fingerprint density at radius 1 is 1.25 bits per heavy atom. The first-order valence-corrected chi connectivity index (χ1v) is 8.56. The molecule has 0 heterocycles. The fraction of sp³-hybridized carbons (Fsp3) is 0.579. The molecule has 5 heteroatoms. The maximum Gasteiger partial charge on any atom is 0.341 e. The Balaban J connectivity index is 2.19. The standard InChI is InChI=1S/C19H27NO4/c1-12(2)20(10-15-6-5-7-15)19(23)16-8-13(3)18(14(4)9-16)24-11-17(21)22/h8-9,12,15H,5-7,10-11H2,1-4H3,(H,21,22). The molecule has 1 aliphatic rings. The van der Waals surface area contributed by atoms with Gasteiger partial charge in [-0.05, 0) is 69.7 Å². The van der Waals surface area contributed by atoms with E-state index in [4.69, 9.17) is 9.84 Å². The SMILES string of the molecule is Cc1cc(C(=O)N(CC2CCC2)C(C)C)cc(C)c1OCC(=O)O. The molecule has 0 unspecified atom stereocenters. The Labute approximate surface area is 143 Å². The summed E-state index contributed by atoms with van der Waals surface area (Å²) in [5, 5.41) is 8.76. The first kappa shape index (κ1) is 18.3. The van der Waals surface area contributed by atoms with Crippen LogP contribution in [0, 0.1) is 19.8 Å². The van der Waals surface area contributed by atoms with Crippen molar-refractivity contribution < 1.29 is 19.4 Å². The molecular weight excluding hydrogens is 306 g/mol. The summed E-state index contributed by atoms with van der Waals surface area (Å²) in [6.45, 7) is 8.20. The molecule has 1 amide bonds. The van der Waals surface area contributed by atoms with Gasteiger partial charge in [-0.1, -0.05) is 6.42 Å². The van der Waals surface area contributed by atoms with Crippen LogP contribution in [0.15, 0.2) is 12.1 Å². The van der Waals surface area contributed by atoms with E-state index in [1.54, 1.807) is 12.1 Å². The summed E-state index contributed by atoms with van der Waals surface area (Å²) in [7, 11) is 0. The summed E-state index contributed by atoms with van der Waals surface area (Å²) in [4.78, 5) is 25.6. The average molecular weight is 333 g/mol. The molecule has 2 rings (SSSR count). The molecule has 1 saturated carbocycles. The van der Waals surface area contributed by atoms with Gasteiger partial charge in [0.25, 0.3) is 5.91 Å². The Morgan fingerprint density at radius 2 is 1.83 bits per heavy atom. The lowest BCUT2D eigenvalue weighted by molar-refractivity contribution is -0.139. The first-order valence-electron chi connectivity index (χ1n) is 8.56. The molecule has 0 aliphatic heterocycles. The van der Waals surface area contributed by atoms with Gasteiger partial charge in [0.15, 0.2) is 6.61 Å². The molecule has 0 saturated heterocycles. The number of nitrogens with zero attached hydrogens (tertiary/aromatic N) is 1. The summed E-state index contributed by atoms with van der Waals surface area (Å²) in [5.41, 5.74) is 2.21. The maximum absolute atomic E-state index is 12.9. The molecular formula is C19H27NO4. The number of carbonyl (C=O) groups is 2. The lowest BCUT2D eigenvalue weighted by atomic mass is 9.84. The van der Waals surface area contributed by atoms with Crippen LogP contribution in [0.3, 0.4) is 0 Å². The molecule has 1 N–H and O–H groups in total. The summed E-state index contributed by atoms with van der Waals surface area (Å²) in [5.74, 6) is 0.189. The number of carboxylic acid groups (broad SMARTS) is 1. The van der Waals surface area contributed by atoms with Crippen molar-refractivity contribution >= 4 is 11.9 Å². The zero-order valence-corrected chi connectivity index (χ0v) is 15.0. The first-order chi connectivity index (χ1) is 11.3. The minimum Gasteiger partial charge on any atom is -0.481 e. The van der Waals surface area contributed by atoms with E-state index in [9.17, 15) is 9.59 Å². The van der Waals surface area contributed by atoms with Gasteiger partial charge in [-0.3, -0.25) is 4.79 Å². The molecule has 0 radical (unpaired) electrons. The van der Waals surface area contributed by atoms with Crippen molar-refractivity contribution in [3.63, 3.8) is 0 Å². The highest BCUT2D eigenvalue weighted by atomic mass is 16.5. The second-order valence-corrected chi connectivity index (χ2v) is 6.97. The fourth-order valence-electron chi connectivity index (χ4n) is 3.08. The lowest BCUT2D eigenvalue weighted by Crippen LogP contribution is -2.41. The van der Waals surface area contributed by atoms with E-state index >= 15 is 0 Å². The van der Waals surface area contributed by atoms with Crippen molar-refractivity contribution in [2.75, 3.05) is 13.2 Å². The molecule has 132 valence electrons. The zero-order chi connectivity index (χ0) is 17.9. The van der Waals surface area contributed by atoms with Crippen LogP contribution < -0.4 is 4.74 Å². The van der Waals surface area contributed by atoms with Crippen LogP contribution in [-0.2, 0) is 4.79 Å². The topological polar surface area (TPSA) is 66.8 Å². The molecule has 1 aromatic rings. The van der Waals surface area contributed by atoms with Crippen LogP contribution in [0.5, 0.6) is 5.75 Å². The van der Waals surface area contributed by atoms with Crippen LogP contribution in [0.2, 0.25) is 0 Å². The Hall–Kier alpha value is -2.04. The fourth-order valence-corrected chi connectivity index (χ4v) is 3.08. The third-order valence-corrected chi connectivity index (χ3v) is 4.61. The van der Waals surface area contributed by atoms with Crippen LogP contribution in [0.25, 0.3) is 0 Å². The number of hydrogen-bond acceptors (Lipinski definition) is 3. The van der Waals surface area contributed by atoms with Crippen LogP contribution in [0.4, 0.5) is 0 Å². The van der Waals surface area contributed by atoms with Crippen molar-refractivity contribution in [2.45, 2.75) is 53.0 Å². The second-order valence-electron chi connectivity index (χ2n) is 6.97. The van der Waals surface area contributed by atoms with Gasteiger partial charge in [-0.2, -0.15) is 0 Å². The van der Waals surface area contributed by atoms with E-state index in [0.717, 1.165) is 17.7 Å². The Kier molecular flexibility index (Phi) is 5.86. The van der Waals surface area contributed by atoms with Crippen LogP contribution in [-0.4, -0.2) is 41.1 Å². The predicted molar refractivity (Wildman–Crippen MR) is 92.6 cm³/mol. The van der Waals surface area contributed by atoms with Crippen LogP contribution >= 0.6 is 0 Å². The smallest absolute Gasteiger partial charge is 0.341 e. The van der Waals surface area contributed by atoms with Gasteiger partial charge in [-0.25, -0.2) is 4.79 Å². The van der Waals surface area contributed by atoms with Gasteiger partial charge in [0.2, 0.25) is 0 Å². The average Bonchev–Trinajstić information content (AvgIpc) is 2.43. The van der Waals surface area contributed by atoms with Gasteiger partial charge in [0.05, 0.1) is 0 Å². The number of ether oxygens (including phenoxy) is 1. The van der Waals surface area contributed by atoms with E-state index < -0.39 is 5.97 Å². The number of carboxylic acids is 1. The van der Waals surface area contributed by atoms with Gasteiger partial charge in [-0.15, -0.1) is 0 Å². The van der Waals surface area contributed by atoms with Gasteiger partial charge in [0, 0.05) is 18.2 Å². The highest BCUT2D eigenvalue weighted by Crippen LogP contribution is 2.29. The molecule has 0 aromatic heterocycles. The molecule has 24 heavy (non-hydrogen) atoms. The lowest BCUT2D eigenvalue weighted by Gasteiger charge is -2.35. The molecule has 1 aliphatic carbocycles. The third-order valence-electron chi connectivity index (χ3n) is 4.61. The predicted octanol–water partition coefficient (Wildman–Crippen LogP) is 3.42. The van der Waals surface area contributed by atoms with E-state index in [-0.39, 0.29) is 18.6 Å². The van der Waals surface area contributed by atoms with Gasteiger partial charge in [0.1, 0.15) is 5.75 Å². The normalized spacial score (nSPS) is 14.4. The van der Waals surface area contributed by atoms with Crippen LogP contribution in [0.1, 0.15) is 54.6 Å². The highest BCUT2D eigenvalue weighted by Gasteiger charge is 2.26. The Bertz CT molecular complexity index is 597. The maximum atomic E-state index is 12.9. The van der Waals surface area contributed by atoms with E-state index in [1.807, 2.05) is 32.6 Å². The summed E-state index contributed by atoms with van der Waals surface area (Å²) >= 11 is 0. The van der Waals surface area contributed by atoms with E-state index in [1.165, 1.54) is 19.3 Å². The summed E-state index contributed by atoms with van der Waals surface area (Å²) < 4.78 is 5.34. The second kappa shape index (κ2) is 7.69. The number of rotatable bonds is 7. The molecule has 0 spiro atoms. The molecule has 1 aromatic carbocycles. The Morgan fingerprint density at radius 3 is 2.25 bits per heavy atom. The van der Waals surface area contributed by atoms with Crippen molar-refractivity contribution in [2.24, 2.45) is 5.92 Å². The van der Waals surface area contributed by atoms with Crippen molar-refractivity contribution in [3.05, 3.63) is 28.8 Å². The monoisotopic (exact) mass is 333 g/mol. The zero-order valence-electron chi connectivity index (χ0n) is 15.0. The minimum atomic E-state index is -1.01. The van der Waals surface area contributed by atoms with E-state index in [0.29, 0.717) is 17.2 Å². The molecule has 0 bridgehead atoms. The van der Waals surface area contributed by atoms with Gasteiger partial charge >= 0.3 is 5.97 Å². The van der Waals surface area contributed by atoms with Crippen molar-refractivity contribution in [1.82, 2.24) is 4.90 Å². The van der Waals surface area contributed by atoms with E-state index in [2.05, 4.69) is 0 Å². The third kappa shape index (κ3) is 4.28. The number of amides is 1. The summed E-state index contributed by atoms with van der Waals surface area (Å²) in [6, 6.07) is 3.74. The molecule has 0 atom stereocenters. The number of aliphatic carboxylic acids is 1. The molecule has 5 nitrogen and oxygen atoms in total. The number of aryl methyl sites for hydroxylation is 2. The quantitative estimate of drug-likeness (QED) is 0.830.